The van der Waals surface area contributed by atoms with E-state index in [0.29, 0.717) is 5.70 Å². The summed E-state index contributed by atoms with van der Waals surface area (Å²) in [6.07, 6.45) is 3.76. The molecule has 0 aromatic heterocycles. The van der Waals surface area contributed by atoms with Crippen LogP contribution in [0.5, 0.6) is 0 Å². The maximum Gasteiger partial charge on any atom is 0.221 e. The molecule has 0 bridgehead atoms. The molecule has 0 atom stereocenters. The number of carbonyl (C=O) groups is 1. The van der Waals surface area contributed by atoms with Gasteiger partial charge in [0.1, 0.15) is 0 Å². The number of hydrogen-bond donors (Lipinski definition) is 3. The minimum atomic E-state index is -0.0498. The van der Waals surface area contributed by atoms with Crippen LogP contribution < -0.4 is 16.0 Å². The molecule has 1 aliphatic heterocycles. The highest BCUT2D eigenvalue weighted by molar-refractivity contribution is 5.89. The van der Waals surface area contributed by atoms with Crippen LogP contribution in [0.2, 0.25) is 0 Å². The highest BCUT2D eigenvalue weighted by Crippen LogP contribution is 2.31. The normalized spacial score (nSPS) is 13.5. The largest absolute Gasteiger partial charge is 0.398 e. The molecule has 5 nitrogen and oxygen atoms in total. The summed E-state index contributed by atoms with van der Waals surface area (Å²) in [6, 6.07) is 14.2. The minimum Gasteiger partial charge on any atom is -0.398 e. The summed E-state index contributed by atoms with van der Waals surface area (Å²) >= 11 is 0. The van der Waals surface area contributed by atoms with Gasteiger partial charge < -0.3 is 21.4 Å². The van der Waals surface area contributed by atoms with Gasteiger partial charge in [-0.1, -0.05) is 24.3 Å². The number of amides is 1. The van der Waals surface area contributed by atoms with Gasteiger partial charge in [0.25, 0.3) is 0 Å². The molecule has 1 aliphatic rings. The first-order valence-electron chi connectivity index (χ1n) is 8.28. The molecule has 0 saturated heterocycles. The molecule has 0 spiro atoms. The van der Waals surface area contributed by atoms with E-state index in [-0.39, 0.29) is 5.91 Å². The lowest BCUT2D eigenvalue weighted by Crippen LogP contribution is -2.19. The average molecular weight is 334 g/mol. The lowest BCUT2D eigenvalue weighted by Gasteiger charge is -2.20. The number of nitrogens with zero attached hydrogens (tertiary/aromatic N) is 1. The van der Waals surface area contributed by atoms with Crippen molar-refractivity contribution in [2.24, 2.45) is 5.73 Å². The number of allylic oxidation sites excluding steroid dienone is 1. The number of anilines is 2. The Bertz CT molecular complexity index is 824. The number of fused-ring (bicyclic) bond motifs is 1. The average Bonchev–Trinajstić information content (AvgIpc) is 2.97. The van der Waals surface area contributed by atoms with E-state index in [0.717, 1.165) is 30.8 Å². The van der Waals surface area contributed by atoms with Gasteiger partial charge in [0, 0.05) is 43.3 Å². The highest BCUT2D eigenvalue weighted by atomic mass is 16.1. The van der Waals surface area contributed by atoms with Crippen LogP contribution in [-0.2, 0) is 17.8 Å². The Morgan fingerprint density at radius 1 is 1.28 bits per heavy atom. The van der Waals surface area contributed by atoms with Crippen molar-refractivity contribution in [3.63, 3.8) is 0 Å². The summed E-state index contributed by atoms with van der Waals surface area (Å²) < 4.78 is 0. The van der Waals surface area contributed by atoms with E-state index in [4.69, 9.17) is 11.1 Å². The summed E-state index contributed by atoms with van der Waals surface area (Å²) in [4.78, 5) is 13.5. The summed E-state index contributed by atoms with van der Waals surface area (Å²) in [5, 5.41) is 9.92. The van der Waals surface area contributed by atoms with Gasteiger partial charge >= 0.3 is 0 Å². The fourth-order valence-corrected chi connectivity index (χ4v) is 3.12. The zero-order chi connectivity index (χ0) is 17.8. The van der Waals surface area contributed by atoms with Crippen LogP contribution in [0.25, 0.3) is 5.70 Å². The minimum absolute atomic E-state index is 0.0498. The first-order valence-corrected chi connectivity index (χ1v) is 8.28. The zero-order valence-corrected chi connectivity index (χ0v) is 14.3. The fraction of sp³-hybridized carbons (Fsp3) is 0.200. The van der Waals surface area contributed by atoms with Gasteiger partial charge in [0.15, 0.2) is 0 Å². The molecule has 0 radical (unpaired) electrons. The van der Waals surface area contributed by atoms with E-state index >= 15 is 0 Å². The Hall–Kier alpha value is -3.08. The number of benzene rings is 2. The smallest absolute Gasteiger partial charge is 0.221 e. The third-order valence-corrected chi connectivity index (χ3v) is 4.32. The van der Waals surface area contributed by atoms with Crippen LogP contribution in [-0.4, -0.2) is 18.7 Å². The molecule has 2 aromatic carbocycles. The van der Waals surface area contributed by atoms with Gasteiger partial charge in [-0.15, -0.1) is 0 Å². The number of rotatable bonds is 5. The second-order valence-electron chi connectivity index (χ2n) is 6.18. The summed E-state index contributed by atoms with van der Waals surface area (Å²) in [5.41, 5.74) is 12.0. The predicted octanol–water partition coefficient (Wildman–Crippen LogP) is 3.16. The van der Waals surface area contributed by atoms with Gasteiger partial charge in [-0.05, 0) is 47.4 Å². The lowest BCUT2D eigenvalue weighted by atomic mass is 10.1. The molecule has 1 amide bonds. The SMILES string of the molecule is CC(=O)Nc1ccc2c(c1)CCN2Cc1ccc(/C(N)=C/C=N)cc1. The molecule has 5 heteroatoms. The molecule has 4 N–H and O–H groups in total. The molecule has 2 aromatic rings. The van der Waals surface area contributed by atoms with E-state index in [9.17, 15) is 4.79 Å². The molecule has 0 aliphatic carbocycles. The molecule has 0 fully saturated rings. The Morgan fingerprint density at radius 3 is 2.72 bits per heavy atom. The van der Waals surface area contributed by atoms with Crippen LogP contribution in [0.1, 0.15) is 23.6 Å². The van der Waals surface area contributed by atoms with Crippen molar-refractivity contribution in [1.82, 2.24) is 0 Å². The van der Waals surface area contributed by atoms with Gasteiger partial charge in [-0.2, -0.15) is 0 Å². The maximum atomic E-state index is 11.2. The molecule has 128 valence electrons. The number of carbonyl (C=O) groups excluding carboxylic acids is 1. The van der Waals surface area contributed by atoms with Crippen LogP contribution in [0.15, 0.2) is 48.5 Å². The number of hydrogen-bond acceptors (Lipinski definition) is 4. The van der Waals surface area contributed by atoms with Crippen LogP contribution in [0.4, 0.5) is 11.4 Å². The van der Waals surface area contributed by atoms with Crippen molar-refractivity contribution in [1.29, 1.82) is 5.41 Å². The van der Waals surface area contributed by atoms with Gasteiger partial charge in [0.05, 0.1) is 0 Å². The van der Waals surface area contributed by atoms with E-state index in [2.05, 4.69) is 34.5 Å². The van der Waals surface area contributed by atoms with Crippen LogP contribution >= 0.6 is 0 Å². The fourth-order valence-electron chi connectivity index (χ4n) is 3.12. The first kappa shape index (κ1) is 16.8. The van der Waals surface area contributed by atoms with Crippen LogP contribution in [0, 0.1) is 5.41 Å². The van der Waals surface area contributed by atoms with Crippen molar-refractivity contribution in [2.45, 2.75) is 19.9 Å². The predicted molar refractivity (Wildman–Crippen MR) is 103 cm³/mol. The summed E-state index contributed by atoms with van der Waals surface area (Å²) in [6.45, 7) is 3.32. The third-order valence-electron chi connectivity index (χ3n) is 4.32. The zero-order valence-electron chi connectivity index (χ0n) is 14.3. The Kier molecular flexibility index (Phi) is 4.84. The summed E-state index contributed by atoms with van der Waals surface area (Å²) in [7, 11) is 0. The Balaban J connectivity index is 1.72. The van der Waals surface area contributed by atoms with Gasteiger partial charge in [-0.25, -0.2) is 0 Å². The second kappa shape index (κ2) is 7.21. The molecule has 0 unspecified atom stereocenters. The molecule has 25 heavy (non-hydrogen) atoms. The van der Waals surface area contributed by atoms with E-state index in [1.54, 1.807) is 6.08 Å². The molecule has 1 heterocycles. The Labute approximate surface area is 147 Å². The van der Waals surface area contributed by atoms with Crippen molar-refractivity contribution in [3.8, 4) is 0 Å². The first-order chi connectivity index (χ1) is 12.1. The van der Waals surface area contributed by atoms with Gasteiger partial charge in [-0.3, -0.25) is 4.79 Å². The number of nitrogens with one attached hydrogen (secondary N) is 2. The van der Waals surface area contributed by atoms with E-state index in [1.165, 1.54) is 30.0 Å². The van der Waals surface area contributed by atoms with Crippen molar-refractivity contribution < 1.29 is 4.79 Å². The van der Waals surface area contributed by atoms with Crippen molar-refractivity contribution >= 4 is 29.2 Å². The number of nitrogens with two attached hydrogens (primary N) is 1. The maximum absolute atomic E-state index is 11.2. The molecule has 0 saturated carbocycles. The molecule has 3 rings (SSSR count). The van der Waals surface area contributed by atoms with Crippen molar-refractivity contribution in [3.05, 3.63) is 65.2 Å². The second-order valence-corrected chi connectivity index (χ2v) is 6.18. The monoisotopic (exact) mass is 334 g/mol. The third kappa shape index (κ3) is 3.88. The Morgan fingerprint density at radius 2 is 2.04 bits per heavy atom. The van der Waals surface area contributed by atoms with Crippen LogP contribution in [0.3, 0.4) is 0 Å². The van der Waals surface area contributed by atoms with E-state index in [1.807, 2.05) is 18.2 Å². The highest BCUT2D eigenvalue weighted by Gasteiger charge is 2.19. The van der Waals surface area contributed by atoms with Gasteiger partial charge in [0.2, 0.25) is 5.91 Å². The standard InChI is InChI=1S/C20H22N4O/c1-14(25)23-18-6-7-20-17(12-18)9-11-24(20)13-15-2-4-16(5-3-15)19(22)8-10-21/h2-8,10,12,21H,9,11,13,22H2,1H3,(H,23,25)/b19-8-,21-10?. The van der Waals surface area contributed by atoms with E-state index < -0.39 is 0 Å². The quantitative estimate of drug-likeness (QED) is 0.735. The molecular formula is C20H22N4O. The van der Waals surface area contributed by atoms with Crippen molar-refractivity contribution in [2.75, 3.05) is 16.8 Å². The topological polar surface area (TPSA) is 82.2 Å². The summed E-state index contributed by atoms with van der Waals surface area (Å²) in [5.74, 6) is -0.0498. The lowest BCUT2D eigenvalue weighted by molar-refractivity contribution is -0.114. The molecular weight excluding hydrogens is 312 g/mol.